The smallest absolute Gasteiger partial charge is 0.463 e. The molecule has 0 aromatic carbocycles. The van der Waals surface area contributed by atoms with Crippen LogP contribution in [-0.2, 0) is 38.1 Å². The van der Waals surface area contributed by atoms with Crippen LogP contribution in [0.15, 0.2) is 0 Å². The van der Waals surface area contributed by atoms with Gasteiger partial charge in [0.2, 0.25) is 0 Å². The summed E-state index contributed by atoms with van der Waals surface area (Å²) in [5.41, 5.74) is 0. The molecule has 1 rings (SSSR count). The maximum Gasteiger partial charge on any atom is 0.471 e. The Morgan fingerprint density at radius 1 is 1.00 bits per heavy atom. The van der Waals surface area contributed by atoms with Crippen LogP contribution in [0, 0.1) is 0 Å². The fourth-order valence-corrected chi connectivity index (χ4v) is 2.32. The van der Waals surface area contributed by atoms with E-state index >= 15 is 0 Å². The first-order valence-electron chi connectivity index (χ1n) is 7.52. The van der Waals surface area contributed by atoms with Crippen LogP contribution >= 0.6 is 0 Å². The molecule has 10 nitrogen and oxygen atoms in total. The van der Waals surface area contributed by atoms with Crippen molar-refractivity contribution in [3.05, 3.63) is 0 Å². The molecule has 13 heteroatoms. The van der Waals surface area contributed by atoms with Gasteiger partial charge < -0.3 is 29.4 Å². The first kappa shape index (κ1) is 22.6. The molecular formula is C14H18F3NO9. The largest absolute Gasteiger partial charge is 0.471 e. The van der Waals surface area contributed by atoms with Gasteiger partial charge in [0.05, 0.1) is 0 Å². The molecular weight excluding hydrogens is 383 g/mol. The van der Waals surface area contributed by atoms with Crippen molar-refractivity contribution in [2.75, 3.05) is 6.61 Å². The van der Waals surface area contributed by atoms with Crippen molar-refractivity contribution in [3.63, 3.8) is 0 Å². The Balaban J connectivity index is 3.23. The fraction of sp³-hybridized carbons (Fsp3) is 0.714. The molecule has 0 saturated carbocycles. The van der Waals surface area contributed by atoms with E-state index in [4.69, 9.17) is 14.2 Å². The number of carbonyl (C=O) groups excluding carboxylic acids is 4. The van der Waals surface area contributed by atoms with Crippen LogP contribution in [0.1, 0.15) is 20.8 Å². The minimum absolute atomic E-state index is 0.616. The van der Waals surface area contributed by atoms with E-state index in [9.17, 15) is 37.5 Å². The molecule has 27 heavy (non-hydrogen) atoms. The highest BCUT2D eigenvalue weighted by atomic mass is 19.4. The molecule has 154 valence electrons. The highest BCUT2D eigenvalue weighted by Gasteiger charge is 2.52. The molecule has 0 aliphatic carbocycles. The Labute approximate surface area is 150 Å². The van der Waals surface area contributed by atoms with Crippen LogP contribution in [0.25, 0.3) is 0 Å². The number of halogens is 3. The van der Waals surface area contributed by atoms with Gasteiger partial charge in [-0.2, -0.15) is 13.2 Å². The summed E-state index contributed by atoms with van der Waals surface area (Å²) in [5, 5.41) is 11.5. The lowest BCUT2D eigenvalue weighted by molar-refractivity contribution is -0.272. The second kappa shape index (κ2) is 8.99. The van der Waals surface area contributed by atoms with E-state index in [2.05, 4.69) is 4.74 Å². The summed E-state index contributed by atoms with van der Waals surface area (Å²) in [7, 11) is 0. The van der Waals surface area contributed by atoms with Crippen LogP contribution in [0.5, 0.6) is 0 Å². The van der Waals surface area contributed by atoms with Crippen molar-refractivity contribution < 1.29 is 56.4 Å². The van der Waals surface area contributed by atoms with E-state index in [-0.39, 0.29) is 0 Å². The highest BCUT2D eigenvalue weighted by Crippen LogP contribution is 2.27. The molecule has 0 aromatic rings. The zero-order valence-corrected chi connectivity index (χ0v) is 14.4. The van der Waals surface area contributed by atoms with Gasteiger partial charge in [-0.15, -0.1) is 0 Å². The number of aliphatic hydroxyl groups excluding tert-OH is 1. The third-order valence-electron chi connectivity index (χ3n) is 3.28. The predicted octanol–water partition coefficient (Wildman–Crippen LogP) is -0.823. The normalized spacial score (nSPS) is 28.0. The molecule has 1 aliphatic heterocycles. The zero-order valence-electron chi connectivity index (χ0n) is 14.4. The first-order valence-corrected chi connectivity index (χ1v) is 7.52. The maximum absolute atomic E-state index is 12.6. The molecule has 0 aromatic heterocycles. The minimum Gasteiger partial charge on any atom is -0.463 e. The lowest BCUT2D eigenvalue weighted by Crippen LogP contribution is -2.67. The summed E-state index contributed by atoms with van der Waals surface area (Å²) in [6, 6.07) is -1.84. The van der Waals surface area contributed by atoms with Crippen LogP contribution in [0.3, 0.4) is 0 Å². The van der Waals surface area contributed by atoms with Gasteiger partial charge in [0.25, 0.3) is 0 Å². The maximum atomic E-state index is 12.6. The number of carbonyl (C=O) groups is 4. The molecule has 1 fully saturated rings. The molecule has 1 heterocycles. The molecule has 0 radical (unpaired) electrons. The Kier molecular flexibility index (Phi) is 7.54. The Morgan fingerprint density at radius 2 is 1.52 bits per heavy atom. The number of amides is 1. The minimum atomic E-state index is -5.31. The number of hydrogen-bond donors (Lipinski definition) is 2. The fourth-order valence-electron chi connectivity index (χ4n) is 2.32. The molecule has 0 bridgehead atoms. The van der Waals surface area contributed by atoms with Crippen molar-refractivity contribution in [1.82, 2.24) is 5.32 Å². The van der Waals surface area contributed by atoms with E-state index in [1.165, 1.54) is 5.32 Å². The van der Waals surface area contributed by atoms with Crippen molar-refractivity contribution in [2.24, 2.45) is 0 Å². The SMILES string of the molecule is CC(=O)OCC1O[C@H](O)[C@H](OC(C)=O)C(NC(=O)C(F)(F)F)[C@@H]1OC(C)=O. The Hall–Kier alpha value is -2.41. The summed E-state index contributed by atoms with van der Waals surface area (Å²) in [6.07, 6.45) is -12.2. The lowest BCUT2D eigenvalue weighted by atomic mass is 9.95. The number of hydrogen-bond acceptors (Lipinski definition) is 9. The standard InChI is InChI=1S/C14H18F3NO9/c1-5(19)24-4-8-10(25-6(2)20)9(18-13(23)14(15,16)17)11(12(22)27-8)26-7(3)21/h8-12,22H,4H2,1-3H3,(H,18,23)/t8?,9?,10-,11-,12+/m1/s1. The van der Waals surface area contributed by atoms with Gasteiger partial charge in [-0.05, 0) is 0 Å². The molecule has 1 amide bonds. The number of ether oxygens (including phenoxy) is 4. The summed E-state index contributed by atoms with van der Waals surface area (Å²) >= 11 is 0. The second-order valence-electron chi connectivity index (χ2n) is 5.51. The predicted molar refractivity (Wildman–Crippen MR) is 76.6 cm³/mol. The third-order valence-corrected chi connectivity index (χ3v) is 3.28. The summed E-state index contributed by atoms with van der Waals surface area (Å²) < 4.78 is 57.2. The molecule has 2 unspecified atom stereocenters. The van der Waals surface area contributed by atoms with E-state index in [1.54, 1.807) is 0 Å². The Bertz CT molecular complexity index is 595. The second-order valence-corrected chi connectivity index (χ2v) is 5.51. The van der Waals surface area contributed by atoms with Gasteiger partial charge in [0, 0.05) is 20.8 Å². The van der Waals surface area contributed by atoms with Crippen molar-refractivity contribution in [1.29, 1.82) is 0 Å². The van der Waals surface area contributed by atoms with Crippen molar-refractivity contribution in [3.8, 4) is 0 Å². The first-order chi connectivity index (χ1) is 12.3. The quantitative estimate of drug-likeness (QED) is 0.447. The number of rotatable bonds is 5. The number of aliphatic hydroxyl groups is 1. The Morgan fingerprint density at radius 3 is 1.96 bits per heavy atom. The van der Waals surface area contributed by atoms with E-state index in [0.29, 0.717) is 0 Å². The summed E-state index contributed by atoms with van der Waals surface area (Å²) in [5.74, 6) is -5.19. The van der Waals surface area contributed by atoms with Gasteiger partial charge in [0.15, 0.2) is 18.5 Å². The van der Waals surface area contributed by atoms with Crippen LogP contribution < -0.4 is 5.32 Å². The van der Waals surface area contributed by atoms with E-state index in [0.717, 1.165) is 20.8 Å². The lowest BCUT2D eigenvalue weighted by Gasteiger charge is -2.43. The third kappa shape index (κ3) is 6.67. The molecule has 5 atom stereocenters. The van der Waals surface area contributed by atoms with Crippen LogP contribution in [0.2, 0.25) is 0 Å². The number of alkyl halides is 3. The van der Waals surface area contributed by atoms with Crippen LogP contribution in [-0.4, -0.2) is 72.3 Å². The van der Waals surface area contributed by atoms with Crippen molar-refractivity contribution >= 4 is 23.8 Å². The monoisotopic (exact) mass is 401 g/mol. The molecule has 0 spiro atoms. The topological polar surface area (TPSA) is 137 Å². The number of nitrogens with one attached hydrogen (secondary N) is 1. The molecule has 1 aliphatic rings. The number of esters is 3. The van der Waals surface area contributed by atoms with Gasteiger partial charge in [0.1, 0.15) is 18.8 Å². The van der Waals surface area contributed by atoms with Gasteiger partial charge >= 0.3 is 30.0 Å². The molecule has 2 N–H and O–H groups in total. The van der Waals surface area contributed by atoms with Gasteiger partial charge in [-0.3, -0.25) is 19.2 Å². The van der Waals surface area contributed by atoms with Gasteiger partial charge in [-0.25, -0.2) is 0 Å². The van der Waals surface area contributed by atoms with E-state index in [1.807, 2.05) is 0 Å². The highest BCUT2D eigenvalue weighted by molar-refractivity contribution is 5.82. The average Bonchev–Trinajstić information content (AvgIpc) is 2.49. The zero-order chi connectivity index (χ0) is 20.9. The van der Waals surface area contributed by atoms with E-state index < -0.39 is 67.2 Å². The summed E-state index contributed by atoms with van der Waals surface area (Å²) in [4.78, 5) is 44.9. The molecule has 1 saturated heterocycles. The van der Waals surface area contributed by atoms with Gasteiger partial charge in [-0.1, -0.05) is 0 Å². The average molecular weight is 401 g/mol. The summed E-state index contributed by atoms with van der Waals surface area (Å²) in [6.45, 7) is 2.25. The van der Waals surface area contributed by atoms with Crippen molar-refractivity contribution in [2.45, 2.75) is 57.6 Å². The van der Waals surface area contributed by atoms with Crippen LogP contribution in [0.4, 0.5) is 13.2 Å².